The maximum absolute atomic E-state index is 12.0. The Kier molecular flexibility index (Phi) is 5.83. The Hall–Kier alpha value is -1.55. The molecule has 1 saturated carbocycles. The summed E-state index contributed by atoms with van der Waals surface area (Å²) in [6.45, 7) is 3.76. The Bertz CT molecular complexity index is 554. The van der Waals surface area contributed by atoms with E-state index in [2.05, 4.69) is 5.32 Å². The van der Waals surface area contributed by atoms with E-state index in [1.165, 1.54) is 19.8 Å². The van der Waals surface area contributed by atoms with E-state index in [9.17, 15) is 9.59 Å². The predicted octanol–water partition coefficient (Wildman–Crippen LogP) is 3.45. The summed E-state index contributed by atoms with van der Waals surface area (Å²) >= 11 is 6.12. The fourth-order valence-electron chi connectivity index (χ4n) is 2.92. The first-order valence-electron chi connectivity index (χ1n) is 7.81. The molecular formula is C17H23ClN2O2. The van der Waals surface area contributed by atoms with Crippen LogP contribution in [0.15, 0.2) is 18.2 Å². The van der Waals surface area contributed by atoms with E-state index in [1.54, 1.807) is 11.0 Å². The molecule has 0 atom stereocenters. The number of nitrogens with one attached hydrogen (secondary N) is 1. The van der Waals surface area contributed by atoms with Crippen LogP contribution in [0.5, 0.6) is 0 Å². The molecule has 0 bridgehead atoms. The van der Waals surface area contributed by atoms with Crippen molar-refractivity contribution in [2.45, 2.75) is 52.0 Å². The lowest BCUT2D eigenvalue weighted by atomic mass is 10.1. The number of rotatable bonds is 5. The maximum Gasteiger partial charge on any atom is 0.223 e. The molecule has 2 amide bonds. The highest BCUT2D eigenvalue weighted by atomic mass is 35.5. The lowest BCUT2D eigenvalue weighted by molar-refractivity contribution is -0.121. The molecule has 1 aromatic carbocycles. The summed E-state index contributed by atoms with van der Waals surface area (Å²) in [4.78, 5) is 25.6. The van der Waals surface area contributed by atoms with E-state index < -0.39 is 0 Å². The molecule has 0 heterocycles. The summed E-state index contributed by atoms with van der Waals surface area (Å²) in [5, 5.41) is 3.67. The number of halogens is 1. The van der Waals surface area contributed by atoms with Crippen LogP contribution in [0.25, 0.3) is 0 Å². The van der Waals surface area contributed by atoms with Crippen molar-refractivity contribution in [2.24, 2.45) is 0 Å². The van der Waals surface area contributed by atoms with Gasteiger partial charge >= 0.3 is 0 Å². The molecule has 0 aromatic heterocycles. The number of benzene rings is 1. The molecule has 22 heavy (non-hydrogen) atoms. The molecule has 1 aliphatic carbocycles. The largest absolute Gasteiger partial charge is 0.353 e. The van der Waals surface area contributed by atoms with Crippen LogP contribution in [0, 0.1) is 6.92 Å². The SMILES string of the molecule is CC(=O)N(CCC(=O)NC1CCCC1)c1cccc(Cl)c1C. The minimum absolute atomic E-state index is 0.0119. The van der Waals surface area contributed by atoms with Gasteiger partial charge in [-0.05, 0) is 37.5 Å². The van der Waals surface area contributed by atoms with Crippen molar-refractivity contribution in [1.82, 2.24) is 5.32 Å². The van der Waals surface area contributed by atoms with Gasteiger partial charge in [-0.2, -0.15) is 0 Å². The van der Waals surface area contributed by atoms with Gasteiger partial charge in [-0.1, -0.05) is 30.5 Å². The van der Waals surface area contributed by atoms with Gasteiger partial charge in [0.15, 0.2) is 0 Å². The van der Waals surface area contributed by atoms with Gasteiger partial charge in [0.1, 0.15) is 0 Å². The quantitative estimate of drug-likeness (QED) is 0.902. The number of nitrogens with zero attached hydrogens (tertiary/aromatic N) is 1. The normalized spacial score (nSPS) is 14.9. The smallest absolute Gasteiger partial charge is 0.223 e. The van der Waals surface area contributed by atoms with Crippen LogP contribution in [0.4, 0.5) is 5.69 Å². The van der Waals surface area contributed by atoms with Gasteiger partial charge in [0, 0.05) is 36.6 Å². The minimum atomic E-state index is -0.0842. The monoisotopic (exact) mass is 322 g/mol. The Labute approximate surface area is 136 Å². The fraction of sp³-hybridized carbons (Fsp3) is 0.529. The van der Waals surface area contributed by atoms with E-state index in [0.29, 0.717) is 24.0 Å². The van der Waals surface area contributed by atoms with Crippen LogP contribution in [-0.2, 0) is 9.59 Å². The molecule has 1 aliphatic rings. The topological polar surface area (TPSA) is 49.4 Å². The van der Waals surface area contributed by atoms with E-state index in [-0.39, 0.29) is 11.8 Å². The average molecular weight is 323 g/mol. The lowest BCUT2D eigenvalue weighted by Crippen LogP contribution is -2.37. The van der Waals surface area contributed by atoms with E-state index in [4.69, 9.17) is 11.6 Å². The molecule has 1 N–H and O–H groups in total. The molecule has 2 rings (SSSR count). The Morgan fingerprint density at radius 2 is 2.00 bits per heavy atom. The standard InChI is InChI=1S/C17H23ClN2O2/c1-12-15(18)8-5-9-16(12)20(13(2)21)11-10-17(22)19-14-6-3-4-7-14/h5,8-9,14H,3-4,6-7,10-11H2,1-2H3,(H,19,22). The zero-order valence-electron chi connectivity index (χ0n) is 13.2. The average Bonchev–Trinajstić information content (AvgIpc) is 2.96. The van der Waals surface area contributed by atoms with Gasteiger partial charge in [0.2, 0.25) is 11.8 Å². The third-order valence-electron chi connectivity index (χ3n) is 4.19. The summed E-state index contributed by atoms with van der Waals surface area (Å²) in [6, 6.07) is 5.79. The second-order valence-electron chi connectivity index (χ2n) is 5.85. The van der Waals surface area contributed by atoms with Crippen molar-refractivity contribution in [2.75, 3.05) is 11.4 Å². The Morgan fingerprint density at radius 3 is 2.64 bits per heavy atom. The van der Waals surface area contributed by atoms with Crippen molar-refractivity contribution in [3.05, 3.63) is 28.8 Å². The zero-order chi connectivity index (χ0) is 16.1. The molecule has 5 heteroatoms. The minimum Gasteiger partial charge on any atom is -0.353 e. The number of hydrogen-bond acceptors (Lipinski definition) is 2. The second-order valence-corrected chi connectivity index (χ2v) is 6.26. The van der Waals surface area contributed by atoms with E-state index in [0.717, 1.165) is 24.1 Å². The van der Waals surface area contributed by atoms with Crippen molar-refractivity contribution < 1.29 is 9.59 Å². The predicted molar refractivity (Wildman–Crippen MR) is 89.2 cm³/mol. The molecule has 1 aromatic rings. The number of carbonyl (C=O) groups excluding carboxylic acids is 2. The third-order valence-corrected chi connectivity index (χ3v) is 4.60. The number of amides is 2. The van der Waals surface area contributed by atoms with Gasteiger partial charge in [0.05, 0.1) is 0 Å². The van der Waals surface area contributed by atoms with Crippen molar-refractivity contribution in [3.8, 4) is 0 Å². The summed E-state index contributed by atoms with van der Waals surface area (Å²) < 4.78 is 0. The molecule has 4 nitrogen and oxygen atoms in total. The molecule has 0 spiro atoms. The van der Waals surface area contributed by atoms with Gasteiger partial charge in [-0.25, -0.2) is 0 Å². The van der Waals surface area contributed by atoms with Crippen LogP contribution in [0.3, 0.4) is 0 Å². The van der Waals surface area contributed by atoms with Gasteiger partial charge in [0.25, 0.3) is 0 Å². The van der Waals surface area contributed by atoms with Gasteiger partial charge < -0.3 is 10.2 Å². The summed E-state index contributed by atoms with van der Waals surface area (Å²) in [5.74, 6) is -0.0723. The third kappa shape index (κ3) is 4.23. The molecule has 0 radical (unpaired) electrons. The number of anilines is 1. The van der Waals surface area contributed by atoms with Crippen LogP contribution < -0.4 is 10.2 Å². The lowest BCUT2D eigenvalue weighted by Gasteiger charge is -2.23. The van der Waals surface area contributed by atoms with Crippen molar-refractivity contribution in [3.63, 3.8) is 0 Å². The van der Waals surface area contributed by atoms with Crippen molar-refractivity contribution >= 4 is 29.1 Å². The Morgan fingerprint density at radius 1 is 1.32 bits per heavy atom. The summed E-state index contributed by atoms with van der Waals surface area (Å²) in [7, 11) is 0. The highest BCUT2D eigenvalue weighted by Gasteiger charge is 2.19. The van der Waals surface area contributed by atoms with Gasteiger partial charge in [-0.15, -0.1) is 0 Å². The molecule has 0 aliphatic heterocycles. The summed E-state index contributed by atoms with van der Waals surface area (Å²) in [6.07, 6.45) is 4.81. The summed E-state index contributed by atoms with van der Waals surface area (Å²) in [5.41, 5.74) is 1.63. The fourth-order valence-corrected chi connectivity index (χ4v) is 3.09. The van der Waals surface area contributed by atoms with E-state index >= 15 is 0 Å². The van der Waals surface area contributed by atoms with Crippen LogP contribution >= 0.6 is 11.6 Å². The van der Waals surface area contributed by atoms with Crippen molar-refractivity contribution in [1.29, 1.82) is 0 Å². The molecule has 1 fully saturated rings. The van der Waals surface area contributed by atoms with Crippen LogP contribution in [0.2, 0.25) is 5.02 Å². The highest BCUT2D eigenvalue weighted by Crippen LogP contribution is 2.27. The molecule has 0 unspecified atom stereocenters. The number of carbonyl (C=O) groups is 2. The second kappa shape index (κ2) is 7.63. The van der Waals surface area contributed by atoms with Gasteiger partial charge in [-0.3, -0.25) is 9.59 Å². The number of hydrogen-bond donors (Lipinski definition) is 1. The Balaban J connectivity index is 1.98. The molecule has 120 valence electrons. The van der Waals surface area contributed by atoms with E-state index in [1.807, 2.05) is 19.1 Å². The van der Waals surface area contributed by atoms with Crippen LogP contribution in [0.1, 0.15) is 44.6 Å². The molecular weight excluding hydrogens is 300 g/mol. The maximum atomic E-state index is 12.0. The zero-order valence-corrected chi connectivity index (χ0v) is 13.9. The highest BCUT2D eigenvalue weighted by molar-refractivity contribution is 6.31. The molecule has 0 saturated heterocycles. The first-order chi connectivity index (χ1) is 10.5. The van der Waals surface area contributed by atoms with Crippen LogP contribution in [-0.4, -0.2) is 24.4 Å². The first-order valence-corrected chi connectivity index (χ1v) is 8.19. The first kappa shape index (κ1) is 16.8.